The van der Waals surface area contributed by atoms with Gasteiger partial charge in [-0.25, -0.2) is 0 Å². The Morgan fingerprint density at radius 2 is 2.21 bits per heavy atom. The highest BCUT2D eigenvalue weighted by Crippen LogP contribution is 2.06. The summed E-state index contributed by atoms with van der Waals surface area (Å²) in [5, 5.41) is 16.0. The third-order valence-electron chi connectivity index (χ3n) is 1.76. The minimum atomic E-state index is -0.373. The molecule has 0 aliphatic heterocycles. The van der Waals surface area contributed by atoms with E-state index >= 15 is 0 Å². The average molecular weight is 199 g/mol. The van der Waals surface area contributed by atoms with E-state index < -0.39 is 0 Å². The van der Waals surface area contributed by atoms with E-state index in [1.165, 1.54) is 0 Å². The Morgan fingerprint density at radius 3 is 2.71 bits per heavy atom. The number of hydrogen-bond acceptors (Lipinski definition) is 5. The van der Waals surface area contributed by atoms with Gasteiger partial charge in [0.1, 0.15) is 0 Å². The normalized spacial score (nSPS) is 13.2. The zero-order valence-corrected chi connectivity index (χ0v) is 8.82. The standard InChI is InChI=1S/C9H17N3O2/c1-6(2)4-8(13)5-10-9-11-7(3)12-14-9/h6,8,13H,4-5H2,1-3H3,(H,10,11,12). The number of nitrogens with one attached hydrogen (secondary N) is 1. The molecule has 1 rings (SSSR count). The number of aromatic nitrogens is 2. The van der Waals surface area contributed by atoms with Crippen LogP contribution in [0, 0.1) is 12.8 Å². The van der Waals surface area contributed by atoms with Crippen molar-refractivity contribution >= 4 is 6.01 Å². The van der Waals surface area contributed by atoms with Gasteiger partial charge in [-0.15, -0.1) is 0 Å². The number of nitrogens with zero attached hydrogens (tertiary/aromatic N) is 2. The van der Waals surface area contributed by atoms with E-state index in [0.717, 1.165) is 6.42 Å². The number of aliphatic hydroxyl groups is 1. The first-order chi connectivity index (χ1) is 6.58. The summed E-state index contributed by atoms with van der Waals surface area (Å²) in [5.41, 5.74) is 0. The van der Waals surface area contributed by atoms with Crippen LogP contribution in [-0.2, 0) is 0 Å². The summed E-state index contributed by atoms with van der Waals surface area (Å²) in [6.07, 6.45) is 0.391. The monoisotopic (exact) mass is 199 g/mol. The van der Waals surface area contributed by atoms with E-state index in [1.807, 2.05) is 0 Å². The van der Waals surface area contributed by atoms with Crippen molar-refractivity contribution in [2.45, 2.75) is 33.3 Å². The Labute approximate surface area is 83.5 Å². The van der Waals surface area contributed by atoms with Crippen molar-refractivity contribution in [1.82, 2.24) is 10.1 Å². The highest BCUT2D eigenvalue weighted by atomic mass is 16.5. The van der Waals surface area contributed by atoms with E-state index in [-0.39, 0.29) is 6.10 Å². The molecular formula is C9H17N3O2. The molecule has 0 bridgehead atoms. The molecule has 1 unspecified atom stereocenters. The molecule has 0 fully saturated rings. The third kappa shape index (κ3) is 3.74. The second-order valence-electron chi connectivity index (χ2n) is 3.81. The Kier molecular flexibility index (Phi) is 3.88. The molecule has 0 radical (unpaired) electrons. The second-order valence-corrected chi connectivity index (χ2v) is 3.81. The smallest absolute Gasteiger partial charge is 0.321 e. The summed E-state index contributed by atoms with van der Waals surface area (Å²) >= 11 is 0. The molecule has 0 saturated carbocycles. The molecule has 1 aromatic rings. The molecule has 5 nitrogen and oxygen atoms in total. The Bertz CT molecular complexity index is 273. The van der Waals surface area contributed by atoms with Crippen molar-refractivity contribution in [2.24, 2.45) is 5.92 Å². The van der Waals surface area contributed by atoms with Gasteiger partial charge in [0, 0.05) is 6.54 Å². The number of rotatable bonds is 5. The average Bonchev–Trinajstić information content (AvgIpc) is 2.47. The minimum absolute atomic E-state index is 0.366. The van der Waals surface area contributed by atoms with Crippen molar-refractivity contribution in [2.75, 3.05) is 11.9 Å². The molecule has 0 aliphatic rings. The quantitative estimate of drug-likeness (QED) is 0.745. The van der Waals surface area contributed by atoms with E-state index in [4.69, 9.17) is 4.52 Å². The van der Waals surface area contributed by atoms with Gasteiger partial charge in [-0.3, -0.25) is 0 Å². The summed E-state index contributed by atoms with van der Waals surface area (Å²) in [5.74, 6) is 1.07. The maximum absolute atomic E-state index is 9.54. The van der Waals surface area contributed by atoms with Gasteiger partial charge < -0.3 is 14.9 Å². The molecule has 5 heteroatoms. The van der Waals surface area contributed by atoms with Gasteiger partial charge in [0.15, 0.2) is 5.82 Å². The van der Waals surface area contributed by atoms with Gasteiger partial charge >= 0.3 is 6.01 Å². The first-order valence-electron chi connectivity index (χ1n) is 4.80. The fourth-order valence-electron chi connectivity index (χ4n) is 1.20. The first kappa shape index (κ1) is 11.0. The van der Waals surface area contributed by atoms with E-state index in [1.54, 1.807) is 6.92 Å². The van der Waals surface area contributed by atoms with Crippen LogP contribution in [0.1, 0.15) is 26.1 Å². The summed E-state index contributed by atoms with van der Waals surface area (Å²) in [6.45, 7) is 6.33. The molecular weight excluding hydrogens is 182 g/mol. The minimum Gasteiger partial charge on any atom is -0.391 e. The molecule has 1 heterocycles. The van der Waals surface area contributed by atoms with Gasteiger partial charge in [-0.05, 0) is 19.3 Å². The molecule has 0 saturated heterocycles. The van der Waals surface area contributed by atoms with Crippen LogP contribution >= 0.6 is 0 Å². The van der Waals surface area contributed by atoms with Crippen LogP contribution in [0.2, 0.25) is 0 Å². The van der Waals surface area contributed by atoms with Crippen molar-refractivity contribution in [1.29, 1.82) is 0 Å². The zero-order chi connectivity index (χ0) is 10.6. The number of aryl methyl sites for hydroxylation is 1. The van der Waals surface area contributed by atoms with Crippen LogP contribution in [0.5, 0.6) is 0 Å². The maximum Gasteiger partial charge on any atom is 0.321 e. The van der Waals surface area contributed by atoms with Crippen LogP contribution in [0.15, 0.2) is 4.52 Å². The molecule has 0 aliphatic carbocycles. The first-order valence-corrected chi connectivity index (χ1v) is 4.80. The predicted molar refractivity (Wildman–Crippen MR) is 53.0 cm³/mol. The van der Waals surface area contributed by atoms with E-state index in [2.05, 4.69) is 29.3 Å². The van der Waals surface area contributed by atoms with E-state index in [9.17, 15) is 5.11 Å². The van der Waals surface area contributed by atoms with Crippen molar-refractivity contribution in [3.05, 3.63) is 5.82 Å². The lowest BCUT2D eigenvalue weighted by Crippen LogP contribution is -2.21. The van der Waals surface area contributed by atoms with E-state index in [0.29, 0.717) is 24.3 Å². The zero-order valence-electron chi connectivity index (χ0n) is 8.82. The fourth-order valence-corrected chi connectivity index (χ4v) is 1.20. The second kappa shape index (κ2) is 4.95. The highest BCUT2D eigenvalue weighted by molar-refractivity contribution is 5.17. The lowest BCUT2D eigenvalue weighted by Gasteiger charge is -2.12. The molecule has 14 heavy (non-hydrogen) atoms. The van der Waals surface area contributed by atoms with Gasteiger partial charge in [0.25, 0.3) is 0 Å². The van der Waals surface area contributed by atoms with Crippen LogP contribution < -0.4 is 5.32 Å². The number of aliphatic hydroxyl groups excluding tert-OH is 1. The summed E-state index contributed by atoms with van der Waals surface area (Å²) in [6, 6.07) is 0.366. The molecule has 0 aromatic carbocycles. The van der Waals surface area contributed by atoms with Crippen LogP contribution in [0.4, 0.5) is 6.01 Å². The van der Waals surface area contributed by atoms with Crippen LogP contribution in [0.3, 0.4) is 0 Å². The summed E-state index contributed by atoms with van der Waals surface area (Å²) in [7, 11) is 0. The van der Waals surface area contributed by atoms with Gasteiger partial charge in [-0.2, -0.15) is 4.98 Å². The summed E-state index contributed by atoms with van der Waals surface area (Å²) < 4.78 is 4.84. The molecule has 2 N–H and O–H groups in total. The van der Waals surface area contributed by atoms with Gasteiger partial charge in [0.2, 0.25) is 0 Å². The topological polar surface area (TPSA) is 71.2 Å². The number of anilines is 1. The fraction of sp³-hybridized carbons (Fsp3) is 0.778. The highest BCUT2D eigenvalue weighted by Gasteiger charge is 2.08. The summed E-state index contributed by atoms with van der Waals surface area (Å²) in [4.78, 5) is 3.96. The molecule has 1 atom stereocenters. The lowest BCUT2D eigenvalue weighted by atomic mass is 10.1. The maximum atomic E-state index is 9.54. The number of hydrogen-bond donors (Lipinski definition) is 2. The lowest BCUT2D eigenvalue weighted by molar-refractivity contribution is 0.160. The molecule has 0 amide bonds. The van der Waals surface area contributed by atoms with Crippen LogP contribution in [0.25, 0.3) is 0 Å². The third-order valence-corrected chi connectivity index (χ3v) is 1.76. The Balaban J connectivity index is 2.26. The SMILES string of the molecule is Cc1noc(NCC(O)CC(C)C)n1. The van der Waals surface area contributed by atoms with Crippen molar-refractivity contribution < 1.29 is 9.63 Å². The van der Waals surface area contributed by atoms with Crippen molar-refractivity contribution in [3.8, 4) is 0 Å². The predicted octanol–water partition coefficient (Wildman–Crippen LogP) is 1.20. The molecule has 1 aromatic heterocycles. The van der Waals surface area contributed by atoms with Gasteiger partial charge in [0.05, 0.1) is 6.10 Å². The largest absolute Gasteiger partial charge is 0.391 e. The molecule has 0 spiro atoms. The Hall–Kier alpha value is -1.10. The van der Waals surface area contributed by atoms with Crippen LogP contribution in [-0.4, -0.2) is 27.9 Å². The van der Waals surface area contributed by atoms with Crippen molar-refractivity contribution in [3.63, 3.8) is 0 Å². The molecule has 80 valence electrons. The van der Waals surface area contributed by atoms with Gasteiger partial charge in [-0.1, -0.05) is 19.0 Å². The Morgan fingerprint density at radius 1 is 1.50 bits per heavy atom.